The Balaban J connectivity index is 0. The van der Waals surface area contributed by atoms with Crippen molar-refractivity contribution in [3.8, 4) is 0 Å². The van der Waals surface area contributed by atoms with E-state index in [1.165, 1.54) is 6.34 Å². The van der Waals surface area contributed by atoms with E-state index in [2.05, 4.69) is 6.58 Å². The summed E-state index contributed by atoms with van der Waals surface area (Å²) in [5.41, 5.74) is 0.784. The molecule has 0 aliphatic rings. The normalized spacial score (nSPS) is 13.0. The summed E-state index contributed by atoms with van der Waals surface area (Å²) in [5, 5.41) is 16.8. The van der Waals surface area contributed by atoms with E-state index in [4.69, 9.17) is 5.41 Å². The summed E-state index contributed by atoms with van der Waals surface area (Å²) < 4.78 is 1.71. The molecular formula is C13H21N2OTl. The molecule has 0 aromatic carbocycles. The second-order valence-corrected chi connectivity index (χ2v) is 5.08. The summed E-state index contributed by atoms with van der Waals surface area (Å²) in [6, 6.07) is 0. The number of hydrogen-bond acceptors (Lipinski definition) is 2. The maximum absolute atomic E-state index is 9.78. The quantitative estimate of drug-likeness (QED) is 0.297. The standard InChI is InChI=1S/C11H15N2O.C2H6.Tl/c1-3-5-10(6-4-2)11(14)7-8-13-9-12;1-2;/h3-9,11,14H,1H2,2H3,(H-,12,13);1-2H3;/q-1;;+1/b6-4-,8-7+,10-5+;;. The maximum atomic E-state index is 9.78. The smallest absolute Gasteiger partial charge is 0.0683 e. The second-order valence-electron chi connectivity index (χ2n) is 2.77. The van der Waals surface area contributed by atoms with Crippen molar-refractivity contribution in [2.75, 3.05) is 0 Å². The minimum atomic E-state index is -0.652. The molecule has 0 saturated heterocycles. The summed E-state index contributed by atoms with van der Waals surface area (Å²) in [6.45, 7) is 9.49. The van der Waals surface area contributed by atoms with Crippen LogP contribution in [-0.2, 0) is 0 Å². The number of allylic oxidation sites excluding steroid dienone is 3. The average molecular weight is 426 g/mol. The largest absolute Gasteiger partial charge is 0.0683 e. The average Bonchev–Trinajstić information content (AvgIpc) is 2.37. The summed E-state index contributed by atoms with van der Waals surface area (Å²) in [7, 11) is 0. The molecule has 1 atom stereocenters. The van der Waals surface area contributed by atoms with Crippen LogP contribution in [0.2, 0.25) is 0 Å². The SMILES string of the molecule is C=C/C=C(\C=C/C)C(O)/C=C/[N]([Tl])C=N.CC. The van der Waals surface area contributed by atoms with Crippen molar-refractivity contribution in [3.63, 3.8) is 0 Å². The van der Waals surface area contributed by atoms with Crippen molar-refractivity contribution in [1.29, 1.82) is 5.41 Å². The van der Waals surface area contributed by atoms with E-state index >= 15 is 0 Å². The molecule has 0 aromatic heterocycles. The number of aliphatic hydroxyl groups excluding tert-OH is 1. The molecule has 0 rings (SSSR count). The minimum absolute atomic E-state index is 0.532. The van der Waals surface area contributed by atoms with Crippen LogP contribution in [0.3, 0.4) is 0 Å². The number of nitrogens with one attached hydrogen (secondary N) is 1. The molecular weight excluding hydrogens is 405 g/mol. The number of aliphatic hydroxyl groups is 1. The Kier molecular flexibility index (Phi) is 14.7. The second kappa shape index (κ2) is 13.4. The van der Waals surface area contributed by atoms with Gasteiger partial charge in [0.15, 0.2) is 0 Å². The Morgan fingerprint density at radius 3 is 2.47 bits per heavy atom. The molecule has 0 aliphatic heterocycles. The maximum Gasteiger partial charge on any atom is -0.0683 e. The molecule has 0 saturated carbocycles. The van der Waals surface area contributed by atoms with E-state index in [-0.39, 0.29) is 0 Å². The minimum Gasteiger partial charge on any atom is -0.0683 e. The molecule has 17 heavy (non-hydrogen) atoms. The monoisotopic (exact) mass is 426 g/mol. The molecule has 0 spiro atoms. The van der Waals surface area contributed by atoms with Crippen molar-refractivity contribution in [1.82, 2.24) is 2.71 Å². The van der Waals surface area contributed by atoms with Gasteiger partial charge in [0.05, 0.1) is 0 Å². The fourth-order valence-corrected chi connectivity index (χ4v) is 1.30. The van der Waals surface area contributed by atoms with E-state index in [0.29, 0.717) is 26.1 Å². The third-order valence-electron chi connectivity index (χ3n) is 1.60. The van der Waals surface area contributed by atoms with Crippen molar-refractivity contribution < 1.29 is 5.11 Å². The van der Waals surface area contributed by atoms with Crippen LogP contribution in [0.25, 0.3) is 0 Å². The van der Waals surface area contributed by atoms with E-state index < -0.39 is 6.10 Å². The predicted molar refractivity (Wildman–Crippen MR) is 76.0 cm³/mol. The first-order valence-electron chi connectivity index (χ1n) is 5.51. The van der Waals surface area contributed by atoms with Crippen molar-refractivity contribution in [3.05, 3.63) is 48.7 Å². The zero-order chi connectivity index (χ0) is 13.7. The molecule has 0 fully saturated rings. The molecule has 0 aromatic rings. The topological polar surface area (TPSA) is 47.3 Å². The number of hydrogen-bond donors (Lipinski definition) is 2. The zero-order valence-electron chi connectivity index (χ0n) is 10.8. The molecule has 0 radical (unpaired) electrons. The van der Waals surface area contributed by atoms with Crippen LogP contribution >= 0.6 is 0 Å². The van der Waals surface area contributed by atoms with Gasteiger partial charge in [0.25, 0.3) is 0 Å². The molecule has 0 bridgehead atoms. The third-order valence-corrected chi connectivity index (χ3v) is 2.85. The van der Waals surface area contributed by atoms with E-state index in [9.17, 15) is 5.11 Å². The van der Waals surface area contributed by atoms with E-state index in [1.807, 2.05) is 32.9 Å². The third kappa shape index (κ3) is 10.2. The Hall–Kier alpha value is -0.688. The van der Waals surface area contributed by atoms with Crippen LogP contribution in [0.15, 0.2) is 48.7 Å². The molecule has 4 heteroatoms. The molecule has 0 amide bonds. The van der Waals surface area contributed by atoms with Crippen LogP contribution in [-0.4, -0.2) is 46.3 Å². The predicted octanol–water partition coefficient (Wildman–Crippen LogP) is 2.57. The van der Waals surface area contributed by atoms with Gasteiger partial charge in [0.1, 0.15) is 0 Å². The van der Waals surface area contributed by atoms with Gasteiger partial charge in [-0.3, -0.25) is 0 Å². The van der Waals surface area contributed by atoms with E-state index in [0.717, 1.165) is 5.57 Å². The first-order chi connectivity index (χ1) is 8.15. The van der Waals surface area contributed by atoms with Gasteiger partial charge in [-0.05, 0) is 0 Å². The molecule has 0 heterocycles. The molecule has 0 aliphatic carbocycles. The summed E-state index contributed by atoms with van der Waals surface area (Å²) in [5.74, 6) is 0. The molecule has 2 N–H and O–H groups in total. The van der Waals surface area contributed by atoms with Crippen molar-refractivity contribution in [2.24, 2.45) is 0 Å². The zero-order valence-corrected chi connectivity index (χ0v) is 15.3. The van der Waals surface area contributed by atoms with Crippen molar-refractivity contribution in [2.45, 2.75) is 26.9 Å². The molecule has 1 unspecified atom stereocenters. The first kappa shape index (κ1) is 18.7. The summed E-state index contributed by atoms with van der Waals surface area (Å²) in [4.78, 5) is 0. The van der Waals surface area contributed by atoms with Gasteiger partial charge in [-0.2, -0.15) is 0 Å². The van der Waals surface area contributed by atoms with Gasteiger partial charge >= 0.3 is 107 Å². The van der Waals surface area contributed by atoms with Crippen molar-refractivity contribution >= 4 is 32.4 Å². The van der Waals surface area contributed by atoms with Crippen LogP contribution in [0, 0.1) is 5.41 Å². The first-order valence-corrected chi connectivity index (χ1v) is 7.51. The van der Waals surface area contributed by atoms with Gasteiger partial charge in [-0.1, -0.05) is 13.8 Å². The number of rotatable bonds is 6. The molecule has 92 valence electrons. The van der Waals surface area contributed by atoms with Crippen LogP contribution in [0.5, 0.6) is 0 Å². The van der Waals surface area contributed by atoms with Gasteiger partial charge < -0.3 is 0 Å². The van der Waals surface area contributed by atoms with E-state index in [1.54, 1.807) is 27.1 Å². The fourth-order valence-electron chi connectivity index (χ4n) is 0.916. The Labute approximate surface area is 121 Å². The summed E-state index contributed by atoms with van der Waals surface area (Å²) in [6.07, 6.45) is 11.1. The Morgan fingerprint density at radius 2 is 2.06 bits per heavy atom. The fraction of sp³-hybridized carbons (Fsp3) is 0.308. The van der Waals surface area contributed by atoms with Crippen LogP contribution < -0.4 is 0 Å². The molecule has 3 nitrogen and oxygen atoms in total. The van der Waals surface area contributed by atoms with Gasteiger partial charge in [0, 0.05) is 0 Å². The van der Waals surface area contributed by atoms with Crippen LogP contribution in [0.4, 0.5) is 0 Å². The Morgan fingerprint density at radius 1 is 1.47 bits per heavy atom. The van der Waals surface area contributed by atoms with Gasteiger partial charge in [-0.25, -0.2) is 0 Å². The number of nitrogens with zero attached hydrogens (tertiary/aromatic N) is 1. The van der Waals surface area contributed by atoms with Gasteiger partial charge in [0.2, 0.25) is 0 Å². The Bertz CT molecular complexity index is 296. The van der Waals surface area contributed by atoms with Crippen LogP contribution in [0.1, 0.15) is 20.8 Å². The summed E-state index contributed by atoms with van der Waals surface area (Å²) >= 11 is 0.532. The van der Waals surface area contributed by atoms with Gasteiger partial charge in [-0.15, -0.1) is 0 Å².